The number of rotatable bonds is 11. The number of methoxy groups -OCH3 is 1. The van der Waals surface area contributed by atoms with Crippen molar-refractivity contribution in [1.82, 2.24) is 0 Å². The van der Waals surface area contributed by atoms with E-state index in [0.29, 0.717) is 40.2 Å². The van der Waals surface area contributed by atoms with E-state index in [2.05, 4.69) is 52.0 Å². The third kappa shape index (κ3) is 8.34. The molecule has 16 heteroatoms. The van der Waals surface area contributed by atoms with Gasteiger partial charge in [-0.15, -0.1) is 0 Å². The normalized spacial score (nSPS) is 18.0. The second kappa shape index (κ2) is 19.4. The highest BCUT2D eigenvalue weighted by atomic mass is 16.5. The van der Waals surface area contributed by atoms with Crippen LogP contribution in [0, 0.1) is 6.92 Å². The summed E-state index contributed by atoms with van der Waals surface area (Å²) in [4.78, 5) is 115. The van der Waals surface area contributed by atoms with Gasteiger partial charge in [-0.25, -0.2) is 19.6 Å². The predicted molar refractivity (Wildman–Crippen MR) is 330 cm³/mol. The second-order valence-corrected chi connectivity index (χ2v) is 24.6. The van der Waals surface area contributed by atoms with Crippen LogP contribution < -0.4 is 38.5 Å². The fraction of sp³-hybridized carbons (Fsp3) is 0.151. The second-order valence-electron chi connectivity index (χ2n) is 24.6. The van der Waals surface area contributed by atoms with Crippen molar-refractivity contribution in [2.45, 2.75) is 63.7 Å². The van der Waals surface area contributed by atoms with Gasteiger partial charge in [-0.3, -0.25) is 38.4 Å². The Kier molecular flexibility index (Phi) is 11.8. The highest BCUT2D eigenvalue weighted by Crippen LogP contribution is 2.63. The highest BCUT2D eigenvalue weighted by molar-refractivity contribution is 6.38. The molecule has 1 spiro atoms. The molecule has 2 aliphatic carbocycles. The third-order valence-electron chi connectivity index (χ3n) is 18.0. The lowest BCUT2D eigenvalue weighted by Gasteiger charge is -2.30. The molecule has 1 unspecified atom stereocenters. The van der Waals surface area contributed by atoms with E-state index in [1.165, 1.54) is 48.6 Å². The van der Waals surface area contributed by atoms with E-state index in [-0.39, 0.29) is 83.5 Å². The van der Waals surface area contributed by atoms with Crippen LogP contribution >= 0.6 is 0 Å². The number of hydrogen-bond acceptors (Lipinski definition) is 12. The van der Waals surface area contributed by atoms with Crippen LogP contribution in [0.3, 0.4) is 0 Å². The molecular weight excluding hydrogens is 1120 g/mol. The molecule has 4 heterocycles. The highest BCUT2D eigenvalue weighted by Gasteiger charge is 2.56. The molecule has 0 saturated carbocycles. The molecule has 15 rings (SSSR count). The maximum atomic E-state index is 14.3. The van der Waals surface area contributed by atoms with Crippen molar-refractivity contribution in [3.8, 4) is 40.2 Å². The van der Waals surface area contributed by atoms with Crippen molar-refractivity contribution in [2.75, 3.05) is 26.7 Å². The minimum absolute atomic E-state index is 0.143. The molecule has 1 atom stereocenters. The van der Waals surface area contributed by atoms with Crippen LogP contribution in [0.2, 0.25) is 0 Å². The zero-order chi connectivity index (χ0) is 61.7. The Morgan fingerprint density at radius 1 is 0.303 bits per heavy atom. The maximum absolute atomic E-state index is 14.3. The Hall–Kier alpha value is -11.3. The van der Waals surface area contributed by atoms with E-state index in [1.54, 1.807) is 97.1 Å². The topological polar surface area (TPSA) is 186 Å². The number of carbonyl (C=O) groups excluding carboxylic acids is 8. The first kappa shape index (κ1) is 54.4. The number of aryl methyl sites for hydroxylation is 1. The van der Waals surface area contributed by atoms with Crippen LogP contribution in [0.25, 0.3) is 0 Å². The summed E-state index contributed by atoms with van der Waals surface area (Å²) in [6, 6.07) is 51.1. The number of imide groups is 4. The Morgan fingerprint density at radius 3 is 0.944 bits per heavy atom. The number of amides is 8. The van der Waals surface area contributed by atoms with Crippen molar-refractivity contribution >= 4 is 70.0 Å². The molecule has 89 heavy (non-hydrogen) atoms. The summed E-state index contributed by atoms with van der Waals surface area (Å²) in [5.41, 5.74) is 6.87. The molecule has 6 aliphatic rings. The van der Waals surface area contributed by atoms with Gasteiger partial charge < -0.3 is 18.9 Å². The first-order chi connectivity index (χ1) is 42.7. The number of anilines is 4. The average molecular weight is 1180 g/mol. The van der Waals surface area contributed by atoms with Gasteiger partial charge in [0.1, 0.15) is 40.2 Å². The molecule has 9 aromatic rings. The van der Waals surface area contributed by atoms with Gasteiger partial charge in [-0.05, 0) is 204 Å². The van der Waals surface area contributed by atoms with Crippen LogP contribution in [0.15, 0.2) is 182 Å². The molecule has 9 aromatic carbocycles. The summed E-state index contributed by atoms with van der Waals surface area (Å²) in [5.74, 6) is -1.24. The van der Waals surface area contributed by atoms with Crippen molar-refractivity contribution in [3.63, 3.8) is 0 Å². The third-order valence-corrected chi connectivity index (χ3v) is 18.0. The van der Waals surface area contributed by atoms with E-state index in [1.807, 2.05) is 37.3 Å². The number of hydrogen-bond donors (Lipinski definition) is 0. The molecule has 436 valence electrons. The monoisotopic (exact) mass is 1180 g/mol. The van der Waals surface area contributed by atoms with E-state index in [4.69, 9.17) is 18.9 Å². The molecule has 0 saturated heterocycles. The Balaban J connectivity index is 0.642. The molecule has 0 fully saturated rings. The minimum atomic E-state index is -0.584. The lowest BCUT2D eigenvalue weighted by atomic mass is 9.72. The lowest BCUT2D eigenvalue weighted by Crippen LogP contribution is -2.31. The zero-order valence-electron chi connectivity index (χ0n) is 48.9. The SMILES string of the molecule is COc1ccc2c(c1)C(=O)N(c1cccc(N3C(=O)c4ccc(Oc5ccc6c(c5)C(C)(C)CC65CC(C)(C)c6cc(Oc7ccc8c(c7)C(=O)N(c7cccc(N9C(=O)c%10ccc(Oc%11cccc(C)c%11)cc%10C9=O)c7)C8=O)ccc65)cc4C3=O)c1)C2=O. The zero-order valence-corrected chi connectivity index (χ0v) is 48.9. The Bertz CT molecular complexity index is 4770. The van der Waals surface area contributed by atoms with Gasteiger partial charge in [0.15, 0.2) is 0 Å². The fourth-order valence-corrected chi connectivity index (χ4v) is 14.2. The summed E-state index contributed by atoms with van der Waals surface area (Å²) in [6.45, 7) is 10.9. The number of fused-ring (bicyclic) bond motifs is 8. The van der Waals surface area contributed by atoms with Crippen LogP contribution in [0.5, 0.6) is 40.2 Å². The summed E-state index contributed by atoms with van der Waals surface area (Å²) in [5, 5.41) is 0. The van der Waals surface area contributed by atoms with Gasteiger partial charge in [-0.2, -0.15) is 0 Å². The van der Waals surface area contributed by atoms with E-state index >= 15 is 0 Å². The maximum Gasteiger partial charge on any atom is 0.266 e. The van der Waals surface area contributed by atoms with Crippen molar-refractivity contribution in [1.29, 1.82) is 0 Å². The Morgan fingerprint density at radius 2 is 0.596 bits per heavy atom. The van der Waals surface area contributed by atoms with Crippen LogP contribution in [0.1, 0.15) is 151 Å². The molecule has 0 radical (unpaired) electrons. The van der Waals surface area contributed by atoms with Crippen LogP contribution in [-0.2, 0) is 16.2 Å². The van der Waals surface area contributed by atoms with Gasteiger partial charge in [0.2, 0.25) is 0 Å². The van der Waals surface area contributed by atoms with Crippen LogP contribution in [0.4, 0.5) is 22.7 Å². The number of benzene rings is 9. The van der Waals surface area contributed by atoms with Gasteiger partial charge in [-0.1, -0.05) is 64.1 Å². The summed E-state index contributed by atoms with van der Waals surface area (Å²) < 4.78 is 24.3. The number of carbonyl (C=O) groups is 8. The molecule has 0 N–H and O–H groups in total. The molecular formula is C73H52N4O12. The quantitative estimate of drug-likeness (QED) is 0.112. The first-order valence-corrected chi connectivity index (χ1v) is 29.0. The van der Waals surface area contributed by atoms with Gasteiger partial charge >= 0.3 is 0 Å². The van der Waals surface area contributed by atoms with Crippen LogP contribution in [-0.4, -0.2) is 54.4 Å². The smallest absolute Gasteiger partial charge is 0.266 e. The minimum Gasteiger partial charge on any atom is -0.497 e. The Labute approximate surface area is 510 Å². The number of nitrogens with zero attached hydrogens (tertiary/aromatic N) is 4. The molecule has 16 nitrogen and oxygen atoms in total. The van der Waals surface area contributed by atoms with E-state index in [0.717, 1.165) is 49.1 Å². The van der Waals surface area contributed by atoms with Gasteiger partial charge in [0.25, 0.3) is 47.3 Å². The lowest BCUT2D eigenvalue weighted by molar-refractivity contribution is 0.0908. The molecule has 0 bridgehead atoms. The molecule has 8 amide bonds. The first-order valence-electron chi connectivity index (χ1n) is 29.0. The summed E-state index contributed by atoms with van der Waals surface area (Å²) in [6.07, 6.45) is 1.63. The van der Waals surface area contributed by atoms with Crippen molar-refractivity contribution < 1.29 is 57.3 Å². The molecule has 0 aromatic heterocycles. The average Bonchev–Trinajstić information content (AvgIpc) is 1.53. The van der Waals surface area contributed by atoms with Gasteiger partial charge in [0, 0.05) is 5.41 Å². The summed E-state index contributed by atoms with van der Waals surface area (Å²) in [7, 11) is 1.47. The van der Waals surface area contributed by atoms with E-state index < -0.39 is 47.3 Å². The van der Waals surface area contributed by atoms with Gasteiger partial charge in [0.05, 0.1) is 74.4 Å². The number of ether oxygens (including phenoxy) is 4. The predicted octanol–water partition coefficient (Wildman–Crippen LogP) is 14.2. The standard InChI is InChI=1S/C73H52N4O12/c1-39-10-7-15-45(28-39)87-46-17-23-52-56(32-46)68(83)75(64(52)79)42-13-9-14-43(30-42)77-66(81)54-25-19-48(34-58(54)70(77)85)89-50-21-27-60-62(36-50)72(4,5)38-73(60)37-71(2,3)61-35-49(20-26-59(61)73)88-47-18-24-53-57(33-47)69(84)76(65(53)80)41-12-8-11-40(29-41)74-63(78)51-22-16-44(86-6)31-55(51)67(74)82/h7-36H,37-38H2,1-6H3. The van der Waals surface area contributed by atoms with Crippen molar-refractivity contribution in [3.05, 3.63) is 254 Å². The fourth-order valence-electron chi connectivity index (χ4n) is 14.2. The van der Waals surface area contributed by atoms with E-state index in [9.17, 15) is 38.4 Å². The van der Waals surface area contributed by atoms with Crippen molar-refractivity contribution in [2.24, 2.45) is 0 Å². The largest absolute Gasteiger partial charge is 0.497 e. The summed E-state index contributed by atoms with van der Waals surface area (Å²) >= 11 is 0. The molecule has 4 aliphatic heterocycles.